The molecule has 1 aromatic rings. The van der Waals surface area contributed by atoms with E-state index in [0.29, 0.717) is 25.4 Å². The molecule has 0 bridgehead atoms. The highest BCUT2D eigenvalue weighted by molar-refractivity contribution is 8.13. The van der Waals surface area contributed by atoms with Crippen LogP contribution in [0.1, 0.15) is 12.7 Å². The summed E-state index contributed by atoms with van der Waals surface area (Å²) in [6, 6.07) is 0. The molecule has 0 aliphatic rings. The van der Waals surface area contributed by atoms with Crippen molar-refractivity contribution < 1.29 is 13.2 Å². The third kappa shape index (κ3) is 2.90. The van der Waals surface area contributed by atoms with Gasteiger partial charge in [-0.2, -0.15) is 0 Å². The van der Waals surface area contributed by atoms with Crippen LogP contribution >= 0.6 is 10.7 Å². The Morgan fingerprint density at radius 1 is 1.47 bits per heavy atom. The normalized spacial score (nSPS) is 11.9. The minimum Gasteiger partial charge on any atom is -0.384 e. The maximum Gasteiger partial charge on any atom is 0.296 e. The van der Waals surface area contributed by atoms with E-state index in [-0.39, 0.29) is 5.16 Å². The fourth-order valence-corrected chi connectivity index (χ4v) is 2.17. The summed E-state index contributed by atoms with van der Waals surface area (Å²) in [5.74, 6) is 0.554. The molecule has 0 saturated carbocycles. The average Bonchev–Trinajstić information content (AvgIpc) is 2.56. The average molecular weight is 254 g/mol. The topological polar surface area (TPSA) is 74.1 Å². The molecule has 0 spiro atoms. The number of ether oxygens (including phenoxy) is 1. The van der Waals surface area contributed by atoms with E-state index in [4.69, 9.17) is 15.4 Å². The summed E-state index contributed by atoms with van der Waals surface area (Å²) in [5.41, 5.74) is 0. The maximum absolute atomic E-state index is 11.1. The first-order chi connectivity index (χ1) is 7.00. The van der Waals surface area contributed by atoms with Crippen LogP contribution in [0, 0.1) is 0 Å². The summed E-state index contributed by atoms with van der Waals surface area (Å²) in [6.45, 7) is 2.71. The van der Waals surface area contributed by atoms with Crippen LogP contribution in [0.4, 0.5) is 0 Å². The molecule has 86 valence electrons. The van der Waals surface area contributed by atoms with Gasteiger partial charge in [0.25, 0.3) is 14.2 Å². The third-order valence-corrected chi connectivity index (χ3v) is 3.01. The minimum atomic E-state index is -3.83. The molecule has 1 heterocycles. The van der Waals surface area contributed by atoms with Gasteiger partial charge in [-0.15, -0.1) is 10.2 Å². The van der Waals surface area contributed by atoms with Gasteiger partial charge >= 0.3 is 0 Å². The van der Waals surface area contributed by atoms with Crippen molar-refractivity contribution in [1.82, 2.24) is 14.8 Å². The zero-order chi connectivity index (χ0) is 11.5. The second-order valence-electron chi connectivity index (χ2n) is 2.82. The van der Waals surface area contributed by atoms with E-state index in [9.17, 15) is 8.42 Å². The van der Waals surface area contributed by atoms with E-state index in [0.717, 1.165) is 0 Å². The Morgan fingerprint density at radius 3 is 2.60 bits per heavy atom. The number of hydrogen-bond acceptors (Lipinski definition) is 5. The highest BCUT2D eigenvalue weighted by atomic mass is 35.7. The lowest BCUT2D eigenvalue weighted by atomic mass is 10.4. The van der Waals surface area contributed by atoms with Crippen LogP contribution in [-0.2, 0) is 26.8 Å². The number of halogens is 1. The summed E-state index contributed by atoms with van der Waals surface area (Å²) in [6.07, 6.45) is 0.504. The lowest BCUT2D eigenvalue weighted by Gasteiger charge is -2.04. The molecule has 8 heteroatoms. The monoisotopic (exact) mass is 253 g/mol. The highest BCUT2D eigenvalue weighted by Gasteiger charge is 2.21. The smallest absolute Gasteiger partial charge is 0.296 e. The van der Waals surface area contributed by atoms with E-state index in [1.165, 1.54) is 4.57 Å². The Hall–Kier alpha value is -0.660. The molecule has 1 rings (SSSR count). The summed E-state index contributed by atoms with van der Waals surface area (Å²) >= 11 is 0. The molecule has 0 radical (unpaired) electrons. The van der Waals surface area contributed by atoms with E-state index >= 15 is 0 Å². The number of rotatable bonds is 5. The summed E-state index contributed by atoms with van der Waals surface area (Å²) in [7, 11) is 2.94. The first-order valence-corrected chi connectivity index (χ1v) is 6.67. The molecule has 0 amide bonds. The van der Waals surface area contributed by atoms with Crippen LogP contribution in [0.25, 0.3) is 0 Å². The SMILES string of the molecule is CCn1c(CCOC)nnc1S(=O)(=O)Cl. The van der Waals surface area contributed by atoms with E-state index in [1.54, 1.807) is 14.0 Å². The molecule has 0 unspecified atom stereocenters. The van der Waals surface area contributed by atoms with Gasteiger partial charge in [0.1, 0.15) is 5.82 Å². The van der Waals surface area contributed by atoms with Crippen molar-refractivity contribution in [3.63, 3.8) is 0 Å². The van der Waals surface area contributed by atoms with Gasteiger partial charge in [-0.05, 0) is 6.92 Å². The number of nitrogens with zero attached hydrogens (tertiary/aromatic N) is 3. The zero-order valence-corrected chi connectivity index (χ0v) is 10.0. The van der Waals surface area contributed by atoms with Gasteiger partial charge < -0.3 is 9.30 Å². The Morgan fingerprint density at radius 2 is 2.13 bits per heavy atom. The first-order valence-electron chi connectivity index (χ1n) is 4.36. The van der Waals surface area contributed by atoms with Crippen LogP contribution in [-0.4, -0.2) is 36.9 Å². The Labute approximate surface area is 92.6 Å². The van der Waals surface area contributed by atoms with Crippen LogP contribution in [0.2, 0.25) is 0 Å². The molecule has 0 aliphatic carbocycles. The standard InChI is InChI=1S/C7H12ClN3O3S/c1-3-11-6(4-5-14-2)9-10-7(11)15(8,12)13/h3-5H2,1-2H3. The van der Waals surface area contributed by atoms with Crippen molar-refractivity contribution in [2.24, 2.45) is 0 Å². The van der Waals surface area contributed by atoms with Crippen LogP contribution in [0.15, 0.2) is 5.16 Å². The minimum absolute atomic E-state index is 0.210. The number of methoxy groups -OCH3 is 1. The highest BCUT2D eigenvalue weighted by Crippen LogP contribution is 2.14. The van der Waals surface area contributed by atoms with Gasteiger partial charge in [0.15, 0.2) is 0 Å². The van der Waals surface area contributed by atoms with Gasteiger partial charge in [0, 0.05) is 30.8 Å². The Bertz CT molecular complexity index is 429. The van der Waals surface area contributed by atoms with E-state index in [1.807, 2.05) is 0 Å². The second kappa shape index (κ2) is 4.91. The van der Waals surface area contributed by atoms with Gasteiger partial charge in [-0.3, -0.25) is 0 Å². The van der Waals surface area contributed by atoms with E-state index in [2.05, 4.69) is 10.2 Å². The largest absolute Gasteiger partial charge is 0.384 e. The lowest BCUT2D eigenvalue weighted by Crippen LogP contribution is -2.09. The summed E-state index contributed by atoms with van der Waals surface area (Å²) in [5, 5.41) is 7.10. The quantitative estimate of drug-likeness (QED) is 0.711. The molecular weight excluding hydrogens is 242 g/mol. The van der Waals surface area contributed by atoms with Crippen molar-refractivity contribution in [2.45, 2.75) is 25.0 Å². The fraction of sp³-hybridized carbons (Fsp3) is 0.714. The second-order valence-corrected chi connectivity index (χ2v) is 5.28. The molecule has 0 saturated heterocycles. The molecule has 0 atom stereocenters. The van der Waals surface area contributed by atoms with Gasteiger partial charge in [0.05, 0.1) is 6.61 Å². The fourth-order valence-electron chi connectivity index (χ4n) is 1.20. The van der Waals surface area contributed by atoms with Gasteiger partial charge in [-0.25, -0.2) is 8.42 Å². The molecule has 0 aliphatic heterocycles. The Balaban J connectivity index is 3.06. The maximum atomic E-state index is 11.1. The predicted molar refractivity (Wildman–Crippen MR) is 54.3 cm³/mol. The van der Waals surface area contributed by atoms with Crippen molar-refractivity contribution >= 4 is 19.7 Å². The van der Waals surface area contributed by atoms with Crippen LogP contribution in [0.5, 0.6) is 0 Å². The molecule has 15 heavy (non-hydrogen) atoms. The molecule has 0 N–H and O–H groups in total. The molecule has 1 aromatic heterocycles. The number of hydrogen-bond donors (Lipinski definition) is 0. The molecule has 6 nitrogen and oxygen atoms in total. The lowest BCUT2D eigenvalue weighted by molar-refractivity contribution is 0.199. The predicted octanol–water partition coefficient (Wildman–Crippen LogP) is 0.414. The molecule has 0 fully saturated rings. The molecular formula is C7H12ClN3O3S. The first kappa shape index (κ1) is 12.4. The Kier molecular flexibility index (Phi) is 4.06. The van der Waals surface area contributed by atoms with Crippen LogP contribution < -0.4 is 0 Å². The molecule has 0 aromatic carbocycles. The van der Waals surface area contributed by atoms with E-state index < -0.39 is 9.05 Å². The van der Waals surface area contributed by atoms with Crippen molar-refractivity contribution in [3.8, 4) is 0 Å². The zero-order valence-electron chi connectivity index (χ0n) is 8.47. The summed E-state index contributed by atoms with van der Waals surface area (Å²) in [4.78, 5) is 0. The van der Waals surface area contributed by atoms with Gasteiger partial charge in [-0.1, -0.05) is 0 Å². The van der Waals surface area contributed by atoms with Gasteiger partial charge in [0.2, 0.25) is 0 Å². The van der Waals surface area contributed by atoms with Crippen molar-refractivity contribution in [2.75, 3.05) is 13.7 Å². The third-order valence-electron chi connectivity index (χ3n) is 1.86. The van der Waals surface area contributed by atoms with Crippen molar-refractivity contribution in [1.29, 1.82) is 0 Å². The van der Waals surface area contributed by atoms with Crippen LogP contribution in [0.3, 0.4) is 0 Å². The van der Waals surface area contributed by atoms with Crippen molar-refractivity contribution in [3.05, 3.63) is 5.82 Å². The number of aromatic nitrogens is 3. The summed E-state index contributed by atoms with van der Waals surface area (Å²) < 4.78 is 28.6.